The molecule has 0 aliphatic heterocycles. The largest absolute Gasteiger partial charge is 0.365 e. The van der Waals surface area contributed by atoms with E-state index in [0.717, 1.165) is 29.8 Å². The van der Waals surface area contributed by atoms with E-state index in [-0.39, 0.29) is 5.41 Å². The Morgan fingerprint density at radius 3 is 2.53 bits per heavy atom. The third kappa shape index (κ3) is 3.16. The lowest BCUT2D eigenvalue weighted by atomic mass is 9.69. The molecule has 1 fully saturated rings. The Hall–Kier alpha value is -3.47. The fourth-order valence-electron chi connectivity index (χ4n) is 4.42. The van der Waals surface area contributed by atoms with Crippen molar-refractivity contribution in [1.82, 2.24) is 14.8 Å². The van der Waals surface area contributed by atoms with Gasteiger partial charge in [0.2, 0.25) is 0 Å². The van der Waals surface area contributed by atoms with E-state index in [4.69, 9.17) is 5.10 Å². The Kier molecular flexibility index (Phi) is 4.79. The van der Waals surface area contributed by atoms with Gasteiger partial charge in [-0.15, -0.1) is 0 Å². The Labute approximate surface area is 176 Å². The highest BCUT2D eigenvalue weighted by molar-refractivity contribution is 5.74. The van der Waals surface area contributed by atoms with Crippen LogP contribution < -0.4 is 5.32 Å². The summed E-state index contributed by atoms with van der Waals surface area (Å²) in [6.07, 6.45) is 16.6. The second-order valence-electron chi connectivity index (χ2n) is 7.99. The molecule has 2 aromatic heterocycles. The Bertz CT molecular complexity index is 1060. The number of nitrogens with zero attached hydrogens (tertiary/aromatic N) is 3. The SMILES string of the molecule is O=CC=Cn1nc(NC2CCC2)c2c1CC(c1ccccc1)(c1ccncc1)C=C2. The number of aromatic nitrogens is 3. The van der Waals surface area contributed by atoms with Crippen LogP contribution in [0.2, 0.25) is 0 Å². The van der Waals surface area contributed by atoms with Gasteiger partial charge in [0.25, 0.3) is 0 Å². The third-order valence-electron chi connectivity index (χ3n) is 6.27. The van der Waals surface area contributed by atoms with Crippen molar-refractivity contribution < 1.29 is 4.79 Å². The molecule has 0 amide bonds. The molecule has 0 bridgehead atoms. The number of allylic oxidation sites excluding steroid dienone is 2. The van der Waals surface area contributed by atoms with Crippen LogP contribution in [-0.2, 0) is 16.6 Å². The lowest BCUT2D eigenvalue weighted by Gasteiger charge is -2.35. The average Bonchev–Trinajstić information content (AvgIpc) is 3.12. The number of hydrogen-bond acceptors (Lipinski definition) is 4. The van der Waals surface area contributed by atoms with Crippen LogP contribution in [0.4, 0.5) is 5.82 Å². The van der Waals surface area contributed by atoms with Gasteiger partial charge >= 0.3 is 0 Å². The summed E-state index contributed by atoms with van der Waals surface area (Å²) in [5, 5.41) is 8.40. The van der Waals surface area contributed by atoms with Crippen LogP contribution in [0, 0.1) is 0 Å². The molecular weight excluding hydrogens is 372 g/mol. The first-order valence-electron chi connectivity index (χ1n) is 10.5. The summed E-state index contributed by atoms with van der Waals surface area (Å²) < 4.78 is 1.85. The molecule has 1 unspecified atom stereocenters. The molecule has 0 saturated heterocycles. The van der Waals surface area contributed by atoms with E-state index in [2.05, 4.69) is 58.9 Å². The Morgan fingerprint density at radius 1 is 1.07 bits per heavy atom. The quantitative estimate of drug-likeness (QED) is 0.493. The lowest BCUT2D eigenvalue weighted by molar-refractivity contribution is -0.104. The number of carbonyl (C=O) groups is 1. The number of benzene rings is 1. The van der Waals surface area contributed by atoms with Crippen molar-refractivity contribution in [2.24, 2.45) is 0 Å². The third-order valence-corrected chi connectivity index (χ3v) is 6.27. The van der Waals surface area contributed by atoms with Gasteiger partial charge < -0.3 is 5.32 Å². The van der Waals surface area contributed by atoms with Crippen LogP contribution in [-0.4, -0.2) is 27.1 Å². The van der Waals surface area contributed by atoms with Crippen LogP contribution in [0.5, 0.6) is 0 Å². The minimum absolute atomic E-state index is 0.322. The molecule has 2 aliphatic rings. The first-order chi connectivity index (χ1) is 14.8. The lowest BCUT2D eigenvalue weighted by Crippen LogP contribution is -2.31. The fourth-order valence-corrected chi connectivity index (χ4v) is 4.42. The van der Waals surface area contributed by atoms with E-state index in [9.17, 15) is 4.79 Å². The normalized spacial score (nSPS) is 20.7. The van der Waals surface area contributed by atoms with Crippen LogP contribution in [0.3, 0.4) is 0 Å². The minimum Gasteiger partial charge on any atom is -0.365 e. The summed E-state index contributed by atoms with van der Waals surface area (Å²) in [6, 6.07) is 15.2. The van der Waals surface area contributed by atoms with Gasteiger partial charge in [0.15, 0.2) is 5.82 Å². The second kappa shape index (κ2) is 7.75. The molecule has 2 aliphatic carbocycles. The van der Waals surface area contributed by atoms with E-state index < -0.39 is 0 Å². The first kappa shape index (κ1) is 18.6. The molecule has 2 heterocycles. The van der Waals surface area contributed by atoms with Crippen LogP contribution in [0.15, 0.2) is 67.0 Å². The molecule has 5 nitrogen and oxygen atoms in total. The van der Waals surface area contributed by atoms with Crippen LogP contribution in [0.25, 0.3) is 12.3 Å². The first-order valence-corrected chi connectivity index (χ1v) is 10.5. The molecule has 5 heteroatoms. The van der Waals surface area contributed by atoms with Crippen molar-refractivity contribution in [2.75, 3.05) is 5.32 Å². The molecule has 3 aromatic rings. The highest BCUT2D eigenvalue weighted by Crippen LogP contribution is 2.43. The fraction of sp³-hybridized carbons (Fsp3) is 0.240. The molecule has 1 saturated carbocycles. The van der Waals surface area contributed by atoms with Gasteiger partial charge in [-0.25, -0.2) is 4.68 Å². The summed E-state index contributed by atoms with van der Waals surface area (Å²) in [6.45, 7) is 0. The van der Waals surface area contributed by atoms with Gasteiger partial charge in [0.1, 0.15) is 6.29 Å². The van der Waals surface area contributed by atoms with Crippen LogP contribution >= 0.6 is 0 Å². The molecule has 5 rings (SSSR count). The molecule has 0 radical (unpaired) electrons. The number of nitrogens with one attached hydrogen (secondary N) is 1. The van der Waals surface area contributed by atoms with Gasteiger partial charge in [-0.2, -0.15) is 5.10 Å². The van der Waals surface area contributed by atoms with Gasteiger partial charge in [0, 0.05) is 42.0 Å². The molecule has 0 spiro atoms. The van der Waals surface area contributed by atoms with Gasteiger partial charge in [-0.3, -0.25) is 9.78 Å². The zero-order chi connectivity index (χ0) is 20.4. The summed E-state index contributed by atoms with van der Waals surface area (Å²) >= 11 is 0. The molecule has 1 aromatic carbocycles. The van der Waals surface area contributed by atoms with Crippen molar-refractivity contribution in [3.05, 3.63) is 89.4 Å². The second-order valence-corrected chi connectivity index (χ2v) is 7.99. The summed E-state index contributed by atoms with van der Waals surface area (Å²) in [7, 11) is 0. The average molecular weight is 396 g/mol. The number of aldehydes is 1. The van der Waals surface area contributed by atoms with Crippen LogP contribution in [0.1, 0.15) is 41.6 Å². The van der Waals surface area contributed by atoms with Gasteiger partial charge in [-0.1, -0.05) is 42.5 Å². The van der Waals surface area contributed by atoms with Crippen molar-refractivity contribution >= 4 is 24.4 Å². The Balaban J connectivity index is 1.64. The smallest absolute Gasteiger partial charge is 0.156 e. The predicted octanol–water partition coefficient (Wildman–Crippen LogP) is 4.47. The van der Waals surface area contributed by atoms with Crippen molar-refractivity contribution in [2.45, 2.75) is 37.1 Å². The highest BCUT2D eigenvalue weighted by atomic mass is 16.1. The Morgan fingerprint density at radius 2 is 1.83 bits per heavy atom. The predicted molar refractivity (Wildman–Crippen MR) is 119 cm³/mol. The maximum Gasteiger partial charge on any atom is 0.156 e. The topological polar surface area (TPSA) is 59.8 Å². The number of fused-ring (bicyclic) bond motifs is 1. The molecule has 1 atom stereocenters. The summed E-state index contributed by atoms with van der Waals surface area (Å²) in [5.41, 5.74) is 4.29. The van der Waals surface area contributed by atoms with E-state index >= 15 is 0 Å². The standard InChI is InChI=1S/C25H24N4O/c30-17-5-16-29-23-18-25(19-6-2-1-3-7-19,20-11-14-26-15-12-20)13-10-22(23)24(28-29)27-21-8-4-9-21/h1-3,5-7,10-17,21H,4,8-9,18H2,(H,27,28). The highest BCUT2D eigenvalue weighted by Gasteiger charge is 2.37. The minimum atomic E-state index is -0.322. The molecule has 150 valence electrons. The summed E-state index contributed by atoms with van der Waals surface area (Å²) in [5.74, 6) is 0.901. The molecule has 1 N–H and O–H groups in total. The van der Waals surface area contributed by atoms with E-state index in [0.29, 0.717) is 6.04 Å². The number of hydrogen-bond donors (Lipinski definition) is 1. The zero-order valence-corrected chi connectivity index (χ0v) is 16.7. The maximum absolute atomic E-state index is 11.0. The van der Waals surface area contributed by atoms with E-state index in [1.165, 1.54) is 36.5 Å². The van der Waals surface area contributed by atoms with Crippen molar-refractivity contribution in [3.8, 4) is 0 Å². The molecule has 30 heavy (non-hydrogen) atoms. The van der Waals surface area contributed by atoms with Crippen molar-refractivity contribution in [3.63, 3.8) is 0 Å². The number of carbonyl (C=O) groups excluding carboxylic acids is 1. The number of pyridine rings is 1. The van der Waals surface area contributed by atoms with Gasteiger partial charge in [-0.05, 0) is 48.6 Å². The molecular formula is C25H24N4O. The zero-order valence-electron chi connectivity index (χ0n) is 16.7. The monoisotopic (exact) mass is 396 g/mol. The van der Waals surface area contributed by atoms with E-state index in [1.807, 2.05) is 23.1 Å². The number of rotatable bonds is 6. The van der Waals surface area contributed by atoms with Gasteiger partial charge in [0.05, 0.1) is 5.69 Å². The maximum atomic E-state index is 11.0. The van der Waals surface area contributed by atoms with E-state index in [1.54, 1.807) is 6.20 Å². The summed E-state index contributed by atoms with van der Waals surface area (Å²) in [4.78, 5) is 15.2. The van der Waals surface area contributed by atoms with Crippen molar-refractivity contribution in [1.29, 1.82) is 0 Å². The number of anilines is 1.